The van der Waals surface area contributed by atoms with Crippen LogP contribution in [-0.4, -0.2) is 160 Å². The molecule has 3 aliphatic rings. The van der Waals surface area contributed by atoms with Gasteiger partial charge < -0.3 is 61.2 Å². The van der Waals surface area contributed by atoms with Crippen molar-refractivity contribution in [2.24, 2.45) is 10.2 Å². The predicted molar refractivity (Wildman–Crippen MR) is 267 cm³/mol. The largest absolute Gasteiger partial charge is 0.490 e. The van der Waals surface area contributed by atoms with Crippen LogP contribution in [0.2, 0.25) is 0 Å². The van der Waals surface area contributed by atoms with Gasteiger partial charge in [0.15, 0.2) is 0 Å². The van der Waals surface area contributed by atoms with E-state index in [1.807, 2.05) is 11.8 Å². The number of thioether (sulfide) groups is 1. The molecule has 28 heteroatoms. The van der Waals surface area contributed by atoms with Gasteiger partial charge in [0.1, 0.15) is 24.6 Å². The van der Waals surface area contributed by atoms with E-state index >= 15 is 0 Å². The number of benzene rings is 2. The van der Waals surface area contributed by atoms with Gasteiger partial charge in [0.2, 0.25) is 19.2 Å². The van der Waals surface area contributed by atoms with Crippen molar-refractivity contribution >= 4 is 48.9 Å². The van der Waals surface area contributed by atoms with Crippen molar-refractivity contribution < 1.29 is 71.0 Å². The highest BCUT2D eigenvalue weighted by Gasteiger charge is 2.65. The molecule has 0 saturated carbocycles. The molecular formula is C47H65F3N11O12PS. The number of ether oxygens (including phenoxy) is 3. The number of aromatic nitrogens is 3. The van der Waals surface area contributed by atoms with Crippen LogP contribution >= 0.6 is 19.1 Å². The van der Waals surface area contributed by atoms with Crippen molar-refractivity contribution in [2.75, 3.05) is 70.7 Å². The van der Waals surface area contributed by atoms with Gasteiger partial charge in [-0.3, -0.25) is 18.9 Å². The number of hydrogen-bond donors (Lipinski definition) is 9. The van der Waals surface area contributed by atoms with Crippen molar-refractivity contribution in [2.45, 2.75) is 106 Å². The van der Waals surface area contributed by atoms with Crippen LogP contribution in [0.15, 0.2) is 58.9 Å². The fourth-order valence-electron chi connectivity index (χ4n) is 8.35. The predicted octanol–water partition coefficient (Wildman–Crippen LogP) is 3.61. The topological polar surface area (TPSA) is 318 Å². The van der Waals surface area contributed by atoms with E-state index in [1.54, 1.807) is 25.3 Å². The van der Waals surface area contributed by atoms with Gasteiger partial charge in [0, 0.05) is 54.8 Å². The summed E-state index contributed by atoms with van der Waals surface area (Å²) in [6.07, 6.45) is -0.736. The molecule has 0 radical (unpaired) electrons. The number of rotatable bonds is 34. The van der Waals surface area contributed by atoms with E-state index in [1.165, 1.54) is 22.9 Å². The summed E-state index contributed by atoms with van der Waals surface area (Å²) in [6.45, 7) is 2.46. The number of carboxylic acids is 1. The maximum absolute atomic E-state index is 13.8. The lowest BCUT2D eigenvalue weighted by Gasteiger charge is -2.20. The Morgan fingerprint density at radius 3 is 2.48 bits per heavy atom. The minimum Gasteiger partial charge on any atom is -0.490 e. The fraction of sp³-hybridized carbons (Fsp3) is 0.596. The fourth-order valence-corrected chi connectivity index (χ4v) is 11.6. The number of amides is 5. The molecule has 0 bridgehead atoms. The second-order valence-electron chi connectivity index (χ2n) is 18.3. The lowest BCUT2D eigenvalue weighted by atomic mass is 10.00. The Bertz CT molecular complexity index is 2500. The second kappa shape index (κ2) is 27.9. The first-order valence-corrected chi connectivity index (χ1v) is 27.8. The van der Waals surface area contributed by atoms with Gasteiger partial charge >= 0.3 is 23.8 Å². The van der Waals surface area contributed by atoms with Gasteiger partial charge in [0.25, 0.3) is 5.91 Å². The summed E-state index contributed by atoms with van der Waals surface area (Å²) < 4.78 is 72.5. The lowest BCUT2D eigenvalue weighted by Crippen LogP contribution is -2.36. The van der Waals surface area contributed by atoms with Crippen LogP contribution in [-0.2, 0) is 42.4 Å². The molecule has 75 heavy (non-hydrogen) atoms. The quantitative estimate of drug-likeness (QED) is 0.0234. The highest BCUT2D eigenvalue weighted by Crippen LogP contribution is 2.53. The van der Waals surface area contributed by atoms with Gasteiger partial charge in [-0.25, -0.2) is 14.3 Å². The van der Waals surface area contributed by atoms with E-state index in [9.17, 15) is 56.8 Å². The van der Waals surface area contributed by atoms with E-state index in [0.717, 1.165) is 37.1 Å². The Morgan fingerprint density at radius 1 is 0.947 bits per heavy atom. The number of carbonyl (C=O) groups excluding carboxylic acids is 4. The summed E-state index contributed by atoms with van der Waals surface area (Å²) in [4.78, 5) is 71.4. The number of fused-ring (bicyclic) bond motifs is 1. The molecule has 2 aromatic carbocycles. The van der Waals surface area contributed by atoms with Crippen LogP contribution in [0.4, 0.5) is 18.0 Å². The van der Waals surface area contributed by atoms with Gasteiger partial charge in [0.05, 0.1) is 74.6 Å². The zero-order valence-electron chi connectivity index (χ0n) is 41.4. The monoisotopic (exact) mass is 1100 g/mol. The number of halogens is 3. The van der Waals surface area contributed by atoms with E-state index in [4.69, 9.17) is 14.2 Å². The molecule has 9 N–H and O–H groups in total. The van der Waals surface area contributed by atoms with Crippen LogP contribution in [0, 0.1) is 0 Å². The molecule has 6 rings (SSSR count). The van der Waals surface area contributed by atoms with E-state index < -0.39 is 37.2 Å². The zero-order valence-corrected chi connectivity index (χ0v) is 43.1. The molecule has 3 aliphatic heterocycles. The number of aliphatic hydroxyl groups is 1. The van der Waals surface area contributed by atoms with E-state index in [-0.39, 0.29) is 136 Å². The summed E-state index contributed by atoms with van der Waals surface area (Å²) in [7, 11) is -3.71. The summed E-state index contributed by atoms with van der Waals surface area (Å²) in [5.41, 5.74) is -1.83. The molecule has 0 spiro atoms. The number of carboxylic acid groups (broad SMARTS) is 1. The number of hydrogen-bond acceptors (Lipinski definition) is 16. The third-order valence-corrected chi connectivity index (χ3v) is 16.0. The molecule has 2 fully saturated rings. The standard InChI is InChI=1S/C47H65F3N11O12PS/c1-30(31-8-7-9-32(22-31)44(66)67)53-25-35(62)28-74(69,70)21-6-2-5-14-52-43(65)36-13-12-33(46(58-59-46)47(48,49)50)23-38(36)73-20-19-72-18-17-71-16-15-51-41(64)27-61-26-34(57-60-61)24-54-40(63)11-4-3-10-39-42-37(29-75-39)55-45(68)56-42/h7-9,12-13,22-23,26,30,35,37,39,42,53,62H,2-6,10-11,14-21,24-25,27-29H2,1H3,(H,51,64)(H,52,65)(H,54,63)(H,66,67)(H,69,70)(H2,55,56,68)/t30-,35+,37+,39+,42+/m1/s1. The second-order valence-corrected chi connectivity index (χ2v) is 22.1. The lowest BCUT2D eigenvalue weighted by molar-refractivity contribution is -0.166. The van der Waals surface area contributed by atoms with Crippen molar-refractivity contribution in [3.05, 3.63) is 76.6 Å². The average Bonchev–Trinajstić information content (AvgIpc) is 3.77. The third kappa shape index (κ3) is 18.2. The van der Waals surface area contributed by atoms with Crippen LogP contribution in [0.5, 0.6) is 5.75 Å². The van der Waals surface area contributed by atoms with Crippen LogP contribution in [0.25, 0.3) is 0 Å². The summed E-state index contributed by atoms with van der Waals surface area (Å²) in [6, 6.07) is 9.55. The summed E-state index contributed by atoms with van der Waals surface area (Å²) in [5.74, 6) is -1.41. The maximum atomic E-state index is 13.8. The van der Waals surface area contributed by atoms with Gasteiger partial charge in [-0.2, -0.15) is 24.9 Å². The minimum atomic E-state index is -4.82. The first kappa shape index (κ1) is 58.6. The Kier molecular flexibility index (Phi) is 21.8. The number of alkyl halides is 3. The minimum absolute atomic E-state index is 0.00416. The third-order valence-electron chi connectivity index (χ3n) is 12.4. The molecule has 0 aliphatic carbocycles. The Balaban J connectivity index is 0.809. The highest BCUT2D eigenvalue weighted by atomic mass is 32.2. The number of aliphatic hydroxyl groups excluding tert-OH is 1. The summed E-state index contributed by atoms with van der Waals surface area (Å²) in [5, 5.41) is 51.6. The van der Waals surface area contributed by atoms with Gasteiger partial charge in [-0.05, 0) is 62.4 Å². The van der Waals surface area contributed by atoms with E-state index in [2.05, 4.69) is 52.4 Å². The Labute approximate surface area is 435 Å². The molecule has 6 atom stereocenters. The van der Waals surface area contributed by atoms with Crippen LogP contribution in [0.3, 0.4) is 0 Å². The Hall–Kier alpha value is -5.70. The number of nitrogens with one attached hydrogen (secondary N) is 6. The summed E-state index contributed by atoms with van der Waals surface area (Å²) >= 11 is 1.84. The number of unbranched alkanes of at least 4 members (excludes halogenated alkanes) is 3. The highest BCUT2D eigenvalue weighted by molar-refractivity contribution is 8.00. The van der Waals surface area contributed by atoms with Crippen molar-refractivity contribution in [3.8, 4) is 5.75 Å². The smallest absolute Gasteiger partial charge is 0.442 e. The normalized spacial score (nSPS) is 19.0. The molecule has 5 amide bonds. The molecular weight excluding hydrogens is 1030 g/mol. The first-order chi connectivity index (χ1) is 35.8. The first-order valence-electron chi connectivity index (χ1n) is 24.7. The number of aromatic carboxylic acids is 1. The molecule has 1 aromatic heterocycles. The number of urea groups is 1. The van der Waals surface area contributed by atoms with Crippen LogP contribution in [0.1, 0.15) is 95.4 Å². The van der Waals surface area contributed by atoms with Crippen LogP contribution < -0.4 is 36.6 Å². The molecule has 412 valence electrons. The average molecular weight is 1100 g/mol. The number of carbonyl (C=O) groups is 5. The molecule has 3 aromatic rings. The molecule has 4 heterocycles. The van der Waals surface area contributed by atoms with Gasteiger partial charge in [-0.15, -0.1) is 15.3 Å². The SMILES string of the molecule is C[C@@H](NC[C@H](O)CP(=O)(O)CCCCCNC(=O)c1ccc(C2(C(F)(F)F)N=N2)cc1OCCOCCOCCNC(=O)Cn1cc(CNC(=O)CCCC[C@@H]2SC[C@@H]3NC(=O)N[C@@H]32)nn1)c1cccc(C(=O)O)c1. The van der Waals surface area contributed by atoms with E-state index in [0.29, 0.717) is 42.2 Å². The molecule has 2 saturated heterocycles. The van der Waals surface area contributed by atoms with Crippen molar-refractivity contribution in [1.82, 2.24) is 46.9 Å². The van der Waals surface area contributed by atoms with Crippen molar-refractivity contribution in [3.63, 3.8) is 0 Å². The van der Waals surface area contributed by atoms with Crippen molar-refractivity contribution in [1.29, 1.82) is 0 Å². The zero-order chi connectivity index (χ0) is 54.0. The maximum Gasteiger partial charge on any atom is 0.442 e. The molecule has 1 unspecified atom stereocenters. The number of nitrogens with zero attached hydrogens (tertiary/aromatic N) is 5. The Morgan fingerprint density at radius 2 is 1.72 bits per heavy atom. The van der Waals surface area contributed by atoms with Gasteiger partial charge in [-0.1, -0.05) is 36.3 Å². The molecule has 23 nitrogen and oxygen atoms in total.